The summed E-state index contributed by atoms with van der Waals surface area (Å²) in [5, 5.41) is 0.926. The van der Waals surface area contributed by atoms with Crippen molar-refractivity contribution >= 4 is 19.7 Å². The standard InChI is InChI=1S/C20H21N3O4S2/c1-2-15-13-14-18(22-23-21)20(29(26,27)17-11-7-4-8-12-17)19(15)28(24,25)16-9-5-3-6-10-16/h3-15,18-20H,2H2,1H3/t15-,18-,19-,20-/m1/s1. The van der Waals surface area contributed by atoms with Gasteiger partial charge >= 0.3 is 0 Å². The number of hydrogen-bond donors (Lipinski definition) is 0. The third-order valence-corrected chi connectivity index (χ3v) is 9.83. The molecule has 0 N–H and O–H groups in total. The Morgan fingerprint density at radius 2 is 1.31 bits per heavy atom. The number of hydrogen-bond acceptors (Lipinski definition) is 5. The highest BCUT2D eigenvalue weighted by Gasteiger charge is 2.50. The van der Waals surface area contributed by atoms with Gasteiger partial charge in [-0.1, -0.05) is 60.6 Å². The van der Waals surface area contributed by atoms with Crippen LogP contribution in [0.2, 0.25) is 0 Å². The van der Waals surface area contributed by atoms with Crippen molar-refractivity contribution in [3.63, 3.8) is 0 Å². The molecule has 0 spiro atoms. The van der Waals surface area contributed by atoms with Crippen molar-refractivity contribution in [1.29, 1.82) is 0 Å². The van der Waals surface area contributed by atoms with E-state index in [1.54, 1.807) is 42.5 Å². The van der Waals surface area contributed by atoms with E-state index in [0.717, 1.165) is 0 Å². The summed E-state index contributed by atoms with van der Waals surface area (Å²) in [7, 11) is -8.14. The number of allylic oxidation sites excluding steroid dienone is 1. The van der Waals surface area contributed by atoms with E-state index in [1.165, 1.54) is 30.3 Å². The molecule has 4 atom stereocenters. The number of rotatable bonds is 6. The van der Waals surface area contributed by atoms with Crippen LogP contribution in [0.5, 0.6) is 0 Å². The van der Waals surface area contributed by atoms with Gasteiger partial charge in [0, 0.05) is 4.91 Å². The maximum atomic E-state index is 13.6. The molecule has 1 aliphatic carbocycles. The van der Waals surface area contributed by atoms with E-state index in [-0.39, 0.29) is 9.79 Å². The zero-order chi connectivity index (χ0) is 21.1. The SMILES string of the molecule is CC[C@@H]1C=C[C@@H](N=[N+]=[N-])[C@@H](S(=O)(=O)c2ccccc2)[C@@H]1S(=O)(=O)c1ccccc1. The minimum atomic E-state index is -4.11. The fourth-order valence-electron chi connectivity index (χ4n) is 3.75. The van der Waals surface area contributed by atoms with Crippen molar-refractivity contribution in [2.45, 2.75) is 39.7 Å². The van der Waals surface area contributed by atoms with Crippen molar-refractivity contribution < 1.29 is 16.8 Å². The molecule has 0 saturated carbocycles. The van der Waals surface area contributed by atoms with Crippen LogP contribution in [-0.4, -0.2) is 33.4 Å². The highest BCUT2D eigenvalue weighted by Crippen LogP contribution is 2.38. The van der Waals surface area contributed by atoms with E-state index >= 15 is 0 Å². The van der Waals surface area contributed by atoms with E-state index in [9.17, 15) is 16.8 Å². The van der Waals surface area contributed by atoms with E-state index in [4.69, 9.17) is 5.53 Å². The molecule has 29 heavy (non-hydrogen) atoms. The van der Waals surface area contributed by atoms with Crippen molar-refractivity contribution in [3.8, 4) is 0 Å². The Bertz CT molecular complexity index is 1140. The highest BCUT2D eigenvalue weighted by molar-refractivity contribution is 7.96. The molecule has 3 rings (SSSR count). The average Bonchev–Trinajstić information content (AvgIpc) is 2.74. The largest absolute Gasteiger partial charge is 0.223 e. The third kappa shape index (κ3) is 3.94. The molecule has 0 saturated heterocycles. The van der Waals surface area contributed by atoms with Crippen LogP contribution >= 0.6 is 0 Å². The smallest absolute Gasteiger partial charge is 0.183 e. The van der Waals surface area contributed by atoms with Crippen LogP contribution in [0.4, 0.5) is 0 Å². The molecular weight excluding hydrogens is 410 g/mol. The fourth-order valence-corrected chi connectivity index (χ4v) is 8.65. The summed E-state index contributed by atoms with van der Waals surface area (Å²) >= 11 is 0. The van der Waals surface area contributed by atoms with Crippen molar-refractivity contribution in [2.24, 2.45) is 11.0 Å². The Balaban J connectivity index is 2.26. The molecule has 0 aliphatic heterocycles. The summed E-state index contributed by atoms with van der Waals surface area (Å²) in [6, 6.07) is 14.3. The molecule has 9 heteroatoms. The highest BCUT2D eigenvalue weighted by atomic mass is 32.2. The van der Waals surface area contributed by atoms with Crippen molar-refractivity contribution in [2.75, 3.05) is 0 Å². The second-order valence-corrected chi connectivity index (χ2v) is 11.0. The molecule has 0 radical (unpaired) electrons. The van der Waals surface area contributed by atoms with E-state index in [1.807, 2.05) is 6.92 Å². The van der Waals surface area contributed by atoms with Gasteiger partial charge in [-0.2, -0.15) is 0 Å². The summed E-state index contributed by atoms with van der Waals surface area (Å²) in [4.78, 5) is 2.82. The third-order valence-electron chi connectivity index (χ3n) is 5.15. The quantitative estimate of drug-likeness (QED) is 0.298. The molecule has 2 aromatic carbocycles. The maximum Gasteiger partial charge on any atom is 0.183 e. The van der Waals surface area contributed by atoms with Crippen LogP contribution < -0.4 is 0 Å². The predicted octanol–water partition coefficient (Wildman–Crippen LogP) is 3.95. The molecule has 0 amide bonds. The zero-order valence-electron chi connectivity index (χ0n) is 15.7. The number of azide groups is 1. The van der Waals surface area contributed by atoms with Crippen molar-refractivity contribution in [1.82, 2.24) is 0 Å². The molecule has 0 heterocycles. The van der Waals surface area contributed by atoms with Crippen LogP contribution in [0.3, 0.4) is 0 Å². The Morgan fingerprint density at radius 3 is 1.76 bits per heavy atom. The molecule has 7 nitrogen and oxygen atoms in total. The minimum absolute atomic E-state index is 0.00144. The topological polar surface area (TPSA) is 117 Å². The van der Waals surface area contributed by atoms with Gasteiger partial charge in [-0.15, -0.1) is 0 Å². The van der Waals surface area contributed by atoms with Gasteiger partial charge in [0.15, 0.2) is 19.7 Å². The van der Waals surface area contributed by atoms with Crippen LogP contribution in [-0.2, 0) is 19.7 Å². The number of benzene rings is 2. The lowest BCUT2D eigenvalue weighted by Gasteiger charge is -2.37. The molecular formula is C20H21N3O4S2. The molecule has 0 aromatic heterocycles. The predicted molar refractivity (Wildman–Crippen MR) is 111 cm³/mol. The molecule has 2 aromatic rings. The van der Waals surface area contributed by atoms with Crippen LogP contribution in [0.1, 0.15) is 13.3 Å². The van der Waals surface area contributed by atoms with Gasteiger partial charge in [-0.25, -0.2) is 16.8 Å². The summed E-state index contributed by atoms with van der Waals surface area (Å²) in [5.74, 6) is -0.533. The average molecular weight is 432 g/mol. The van der Waals surface area contributed by atoms with E-state index < -0.39 is 42.1 Å². The van der Waals surface area contributed by atoms with Crippen LogP contribution in [0.15, 0.2) is 87.7 Å². The first-order valence-electron chi connectivity index (χ1n) is 9.14. The summed E-state index contributed by atoms with van der Waals surface area (Å²) < 4.78 is 54.2. The molecule has 0 fully saturated rings. The van der Waals surface area contributed by atoms with Crippen molar-refractivity contribution in [3.05, 3.63) is 83.3 Å². The van der Waals surface area contributed by atoms with Gasteiger partial charge in [-0.3, -0.25) is 0 Å². The lowest BCUT2D eigenvalue weighted by molar-refractivity contribution is 0.463. The van der Waals surface area contributed by atoms with E-state index in [2.05, 4.69) is 10.0 Å². The Hall–Kier alpha value is -2.61. The number of nitrogens with zero attached hydrogens (tertiary/aromatic N) is 3. The van der Waals surface area contributed by atoms with E-state index in [0.29, 0.717) is 6.42 Å². The first kappa shape index (κ1) is 21.1. The molecule has 1 aliphatic rings. The van der Waals surface area contributed by atoms with Gasteiger partial charge in [0.1, 0.15) is 0 Å². The second kappa shape index (κ2) is 8.41. The second-order valence-electron chi connectivity index (χ2n) is 6.80. The zero-order valence-corrected chi connectivity index (χ0v) is 17.4. The van der Waals surface area contributed by atoms with Crippen LogP contribution in [0.25, 0.3) is 10.4 Å². The normalized spacial score (nSPS) is 24.6. The van der Waals surface area contributed by atoms with Gasteiger partial charge < -0.3 is 0 Å². The first-order valence-corrected chi connectivity index (χ1v) is 12.2. The lowest BCUT2D eigenvalue weighted by Crippen LogP contribution is -2.51. The van der Waals surface area contributed by atoms with Gasteiger partial charge in [0.05, 0.1) is 26.3 Å². The maximum absolute atomic E-state index is 13.6. The summed E-state index contributed by atoms with van der Waals surface area (Å²) in [6.07, 6.45) is 3.59. The monoisotopic (exact) mass is 431 g/mol. The molecule has 0 bridgehead atoms. The molecule has 0 unspecified atom stereocenters. The minimum Gasteiger partial charge on any atom is -0.223 e. The van der Waals surface area contributed by atoms with Gasteiger partial charge in [0.25, 0.3) is 0 Å². The van der Waals surface area contributed by atoms with Crippen LogP contribution in [0, 0.1) is 5.92 Å². The fraction of sp³-hybridized carbons (Fsp3) is 0.300. The summed E-state index contributed by atoms with van der Waals surface area (Å²) in [5.41, 5.74) is 8.98. The van der Waals surface area contributed by atoms with Gasteiger partial charge in [0.2, 0.25) is 0 Å². The Kier molecular flexibility index (Phi) is 6.12. The Morgan fingerprint density at radius 1 is 0.828 bits per heavy atom. The number of sulfone groups is 2. The first-order chi connectivity index (χ1) is 13.8. The van der Waals surface area contributed by atoms with Gasteiger partial charge in [-0.05, 0) is 42.1 Å². The lowest BCUT2D eigenvalue weighted by atomic mass is 9.90. The Labute approximate surface area is 170 Å². The molecule has 152 valence electrons. The summed E-state index contributed by atoms with van der Waals surface area (Å²) in [6.45, 7) is 1.81.